The Morgan fingerprint density at radius 2 is 1.72 bits per heavy atom. The van der Waals surface area contributed by atoms with E-state index in [9.17, 15) is 9.59 Å². The zero-order chi connectivity index (χ0) is 25.3. The van der Waals surface area contributed by atoms with Crippen molar-refractivity contribution in [3.05, 3.63) is 83.4 Å². The second kappa shape index (κ2) is 12.1. The third-order valence-electron chi connectivity index (χ3n) is 6.19. The van der Waals surface area contributed by atoms with Gasteiger partial charge in [-0.1, -0.05) is 36.4 Å². The first-order valence-electron chi connectivity index (χ1n) is 12.4. The third-order valence-corrected chi connectivity index (χ3v) is 6.19. The van der Waals surface area contributed by atoms with Crippen molar-refractivity contribution >= 4 is 23.3 Å². The second-order valence-corrected chi connectivity index (χ2v) is 8.74. The fourth-order valence-electron chi connectivity index (χ4n) is 4.35. The Morgan fingerprint density at radius 3 is 2.50 bits per heavy atom. The van der Waals surface area contributed by atoms with Gasteiger partial charge in [-0.15, -0.1) is 0 Å². The predicted molar refractivity (Wildman–Crippen MR) is 142 cm³/mol. The molecule has 0 saturated carbocycles. The number of amides is 3. The van der Waals surface area contributed by atoms with Crippen LogP contribution in [0.4, 0.5) is 16.2 Å². The molecular weight excluding hydrogens is 454 g/mol. The quantitative estimate of drug-likeness (QED) is 0.450. The standard InChI is InChI=1S/C29H33N3O4/c1-3-36-27-18-22(13-16-26(27)35-2)20-30-28(33)19-21-11-14-24(15-12-21)31-29(34)32-17-7-6-9-23-8-4-5-10-25(23)32/h4-5,8,10-16,18H,3,6-7,9,17,19-20H2,1-2H3,(H,30,33)(H,31,34). The predicted octanol–water partition coefficient (Wildman–Crippen LogP) is 5.33. The fraction of sp³-hybridized carbons (Fsp3) is 0.310. The van der Waals surface area contributed by atoms with E-state index in [0.29, 0.717) is 36.9 Å². The number of rotatable bonds is 8. The molecule has 0 atom stereocenters. The van der Waals surface area contributed by atoms with Crippen LogP contribution in [0.25, 0.3) is 0 Å². The maximum absolute atomic E-state index is 13.0. The molecule has 0 aromatic heterocycles. The Morgan fingerprint density at radius 1 is 0.944 bits per heavy atom. The molecule has 0 unspecified atom stereocenters. The number of carbonyl (C=O) groups excluding carboxylic acids is 2. The van der Waals surface area contributed by atoms with Gasteiger partial charge >= 0.3 is 6.03 Å². The summed E-state index contributed by atoms with van der Waals surface area (Å²) in [6.45, 7) is 3.54. The summed E-state index contributed by atoms with van der Waals surface area (Å²) in [5.74, 6) is 1.24. The first-order valence-corrected chi connectivity index (χ1v) is 12.4. The maximum Gasteiger partial charge on any atom is 0.326 e. The lowest BCUT2D eigenvalue weighted by molar-refractivity contribution is -0.120. The lowest BCUT2D eigenvalue weighted by Gasteiger charge is -2.23. The highest BCUT2D eigenvalue weighted by molar-refractivity contribution is 6.02. The molecule has 0 radical (unpaired) electrons. The van der Waals surface area contributed by atoms with Crippen LogP contribution in [0.3, 0.4) is 0 Å². The maximum atomic E-state index is 13.0. The number of benzene rings is 3. The Bertz CT molecular complexity index is 1190. The number of nitrogens with one attached hydrogen (secondary N) is 2. The van der Waals surface area contributed by atoms with Crippen LogP contribution in [-0.4, -0.2) is 32.2 Å². The van der Waals surface area contributed by atoms with Gasteiger partial charge in [0.1, 0.15) is 0 Å². The van der Waals surface area contributed by atoms with Crippen molar-refractivity contribution in [3.8, 4) is 11.5 Å². The van der Waals surface area contributed by atoms with Gasteiger partial charge in [-0.25, -0.2) is 4.79 Å². The van der Waals surface area contributed by atoms with Crippen molar-refractivity contribution in [2.45, 2.75) is 39.2 Å². The van der Waals surface area contributed by atoms with Crippen LogP contribution in [0.2, 0.25) is 0 Å². The molecule has 188 valence electrons. The van der Waals surface area contributed by atoms with Crippen molar-refractivity contribution < 1.29 is 19.1 Å². The van der Waals surface area contributed by atoms with Crippen molar-refractivity contribution in [1.82, 2.24) is 5.32 Å². The molecule has 1 heterocycles. The average molecular weight is 488 g/mol. The minimum Gasteiger partial charge on any atom is -0.493 e. The van der Waals surface area contributed by atoms with Crippen LogP contribution in [-0.2, 0) is 24.2 Å². The number of fused-ring (bicyclic) bond motifs is 1. The van der Waals surface area contributed by atoms with Crippen LogP contribution in [0, 0.1) is 0 Å². The first-order chi connectivity index (χ1) is 17.6. The molecule has 3 amide bonds. The smallest absolute Gasteiger partial charge is 0.326 e. The topological polar surface area (TPSA) is 79.9 Å². The number of urea groups is 1. The number of nitrogens with zero attached hydrogens (tertiary/aromatic N) is 1. The van der Waals surface area contributed by atoms with Gasteiger partial charge in [0, 0.05) is 24.5 Å². The second-order valence-electron chi connectivity index (χ2n) is 8.74. The number of methoxy groups -OCH3 is 1. The highest BCUT2D eigenvalue weighted by Crippen LogP contribution is 2.28. The van der Waals surface area contributed by atoms with Gasteiger partial charge in [-0.05, 0) is 73.2 Å². The highest BCUT2D eigenvalue weighted by Gasteiger charge is 2.21. The first kappa shape index (κ1) is 25.1. The average Bonchev–Trinajstić information content (AvgIpc) is 3.12. The lowest BCUT2D eigenvalue weighted by atomic mass is 10.1. The Kier molecular flexibility index (Phi) is 8.44. The monoisotopic (exact) mass is 487 g/mol. The van der Waals surface area contributed by atoms with Crippen LogP contribution in [0.15, 0.2) is 66.7 Å². The van der Waals surface area contributed by atoms with E-state index in [1.807, 2.05) is 72.5 Å². The Balaban J connectivity index is 1.31. The van der Waals surface area contributed by atoms with Crippen LogP contribution < -0.4 is 25.0 Å². The summed E-state index contributed by atoms with van der Waals surface area (Å²) in [5, 5.41) is 5.94. The van der Waals surface area contributed by atoms with E-state index in [0.717, 1.165) is 36.1 Å². The molecule has 7 heteroatoms. The lowest BCUT2D eigenvalue weighted by Crippen LogP contribution is -2.35. The molecule has 1 aliphatic heterocycles. The number of ether oxygens (including phenoxy) is 2. The third kappa shape index (κ3) is 6.36. The zero-order valence-electron chi connectivity index (χ0n) is 20.9. The molecule has 0 aliphatic carbocycles. The minimum atomic E-state index is -0.138. The summed E-state index contributed by atoms with van der Waals surface area (Å²) in [5.41, 5.74) is 4.69. The summed E-state index contributed by atoms with van der Waals surface area (Å²) in [7, 11) is 1.60. The van der Waals surface area contributed by atoms with Gasteiger partial charge in [0.05, 0.1) is 20.1 Å². The van der Waals surface area contributed by atoms with E-state index in [-0.39, 0.29) is 18.4 Å². The van der Waals surface area contributed by atoms with Gasteiger partial charge in [-0.2, -0.15) is 0 Å². The van der Waals surface area contributed by atoms with E-state index >= 15 is 0 Å². The summed E-state index contributed by atoms with van der Waals surface area (Å²) in [6, 6.07) is 21.0. The molecule has 7 nitrogen and oxygen atoms in total. The number of hydrogen-bond donors (Lipinski definition) is 2. The zero-order valence-corrected chi connectivity index (χ0v) is 20.9. The van der Waals surface area contributed by atoms with Gasteiger partial charge in [-0.3, -0.25) is 9.69 Å². The highest BCUT2D eigenvalue weighted by atomic mass is 16.5. The van der Waals surface area contributed by atoms with Crippen molar-refractivity contribution in [2.24, 2.45) is 0 Å². The van der Waals surface area contributed by atoms with E-state index < -0.39 is 0 Å². The Hall–Kier alpha value is -4.00. The minimum absolute atomic E-state index is 0.0817. The van der Waals surface area contributed by atoms with Gasteiger partial charge < -0.3 is 20.1 Å². The van der Waals surface area contributed by atoms with E-state index in [1.54, 1.807) is 7.11 Å². The van der Waals surface area contributed by atoms with Crippen molar-refractivity contribution in [1.29, 1.82) is 0 Å². The normalized spacial score (nSPS) is 12.8. The van der Waals surface area contributed by atoms with Crippen LogP contribution >= 0.6 is 0 Å². The molecule has 1 aliphatic rings. The Labute approximate surface area is 212 Å². The number of hydrogen-bond acceptors (Lipinski definition) is 4. The van der Waals surface area contributed by atoms with Gasteiger partial charge in [0.2, 0.25) is 5.91 Å². The molecule has 3 aromatic rings. The summed E-state index contributed by atoms with van der Waals surface area (Å²) < 4.78 is 10.9. The number of aryl methyl sites for hydroxylation is 1. The molecule has 4 rings (SSSR count). The van der Waals surface area contributed by atoms with Crippen LogP contribution in [0.5, 0.6) is 11.5 Å². The van der Waals surface area contributed by atoms with E-state index in [2.05, 4.69) is 16.7 Å². The molecule has 0 fully saturated rings. The summed E-state index contributed by atoms with van der Waals surface area (Å²) >= 11 is 0. The molecule has 3 aromatic carbocycles. The van der Waals surface area contributed by atoms with E-state index in [4.69, 9.17) is 9.47 Å². The van der Waals surface area contributed by atoms with Gasteiger partial charge in [0.25, 0.3) is 0 Å². The summed E-state index contributed by atoms with van der Waals surface area (Å²) in [6.07, 6.45) is 3.29. The number of para-hydroxylation sites is 1. The largest absolute Gasteiger partial charge is 0.493 e. The molecule has 2 N–H and O–H groups in total. The molecule has 0 bridgehead atoms. The van der Waals surface area contributed by atoms with Gasteiger partial charge in [0.15, 0.2) is 11.5 Å². The molecule has 36 heavy (non-hydrogen) atoms. The molecular formula is C29H33N3O4. The van der Waals surface area contributed by atoms with Crippen molar-refractivity contribution in [2.75, 3.05) is 30.5 Å². The number of anilines is 2. The van der Waals surface area contributed by atoms with Crippen molar-refractivity contribution in [3.63, 3.8) is 0 Å². The SMILES string of the molecule is CCOc1cc(CNC(=O)Cc2ccc(NC(=O)N3CCCCc4ccccc43)cc2)ccc1OC. The van der Waals surface area contributed by atoms with E-state index in [1.165, 1.54) is 5.56 Å². The summed E-state index contributed by atoms with van der Waals surface area (Å²) in [4.78, 5) is 27.3. The molecule has 0 saturated heterocycles. The number of carbonyl (C=O) groups is 2. The van der Waals surface area contributed by atoms with Crippen LogP contribution in [0.1, 0.15) is 36.5 Å². The molecule has 0 spiro atoms. The fourth-order valence-corrected chi connectivity index (χ4v) is 4.35.